The molecule has 0 fully saturated rings. The van der Waals surface area contributed by atoms with Gasteiger partial charge < -0.3 is 5.11 Å². The molecule has 2 rings (SSSR count). The molecule has 94 valence electrons. The van der Waals surface area contributed by atoms with Gasteiger partial charge in [-0.15, -0.1) is 0 Å². The van der Waals surface area contributed by atoms with Crippen molar-refractivity contribution in [1.29, 1.82) is 0 Å². The fraction of sp³-hybridized carbons (Fsp3) is 0.167. The van der Waals surface area contributed by atoms with E-state index in [2.05, 4.69) is 21.0 Å². The molecule has 2 N–H and O–H groups in total. The Kier molecular flexibility index (Phi) is 3.38. The second-order valence-corrected chi connectivity index (χ2v) is 4.66. The zero-order valence-electron chi connectivity index (χ0n) is 9.61. The van der Waals surface area contributed by atoms with E-state index >= 15 is 0 Å². The average Bonchev–Trinajstić information content (AvgIpc) is 2.66. The van der Waals surface area contributed by atoms with Crippen molar-refractivity contribution >= 4 is 21.9 Å². The maximum Gasteiger partial charge on any atom is 0.343 e. The Morgan fingerprint density at radius 2 is 2.22 bits per heavy atom. The number of H-pyrrole nitrogens is 1. The highest BCUT2D eigenvalue weighted by Crippen LogP contribution is 2.14. The van der Waals surface area contributed by atoms with Gasteiger partial charge in [-0.1, -0.05) is 28.9 Å². The van der Waals surface area contributed by atoms with Gasteiger partial charge >= 0.3 is 5.97 Å². The number of halogens is 1. The number of carboxylic acids is 1. The number of rotatable bonds is 3. The molecular weight excluding hydrogens is 300 g/mol. The standard InChI is InChI=1S/C12H11BrN2O3/c1-2-9-10(12(17)18)11(16)15(14-9)8-5-3-4-7(13)6-8/h3-6,14H,2H2,1H3,(H,17,18). The number of nitrogens with zero attached hydrogens (tertiary/aromatic N) is 1. The molecule has 0 saturated carbocycles. The van der Waals surface area contributed by atoms with E-state index in [1.807, 2.05) is 6.07 Å². The van der Waals surface area contributed by atoms with Crippen molar-refractivity contribution in [3.63, 3.8) is 0 Å². The Hall–Kier alpha value is -1.82. The Balaban J connectivity index is 2.67. The molecule has 0 radical (unpaired) electrons. The van der Waals surface area contributed by atoms with Crippen LogP contribution in [0.25, 0.3) is 5.69 Å². The highest BCUT2D eigenvalue weighted by molar-refractivity contribution is 9.10. The minimum Gasteiger partial charge on any atom is -0.477 e. The quantitative estimate of drug-likeness (QED) is 0.912. The van der Waals surface area contributed by atoms with Gasteiger partial charge in [0.1, 0.15) is 5.56 Å². The predicted octanol–water partition coefficient (Wildman–Crippen LogP) is 2.19. The summed E-state index contributed by atoms with van der Waals surface area (Å²) in [5.41, 5.74) is 0.277. The molecule has 0 unspecified atom stereocenters. The smallest absolute Gasteiger partial charge is 0.343 e. The van der Waals surface area contributed by atoms with Gasteiger partial charge in [-0.2, -0.15) is 0 Å². The van der Waals surface area contributed by atoms with E-state index in [1.54, 1.807) is 25.1 Å². The minimum absolute atomic E-state index is 0.197. The van der Waals surface area contributed by atoms with E-state index in [1.165, 1.54) is 4.68 Å². The van der Waals surface area contributed by atoms with Gasteiger partial charge in [0.05, 0.1) is 11.4 Å². The number of hydrogen-bond donors (Lipinski definition) is 2. The number of carboxylic acid groups (broad SMARTS) is 1. The maximum atomic E-state index is 12.0. The molecule has 2 aromatic rings. The molecule has 0 aliphatic heterocycles. The highest BCUT2D eigenvalue weighted by Gasteiger charge is 2.19. The van der Waals surface area contributed by atoms with E-state index in [4.69, 9.17) is 5.11 Å². The topological polar surface area (TPSA) is 75.1 Å². The van der Waals surface area contributed by atoms with Crippen molar-refractivity contribution in [2.75, 3.05) is 0 Å². The fourth-order valence-electron chi connectivity index (χ4n) is 1.76. The van der Waals surface area contributed by atoms with Crippen molar-refractivity contribution in [2.24, 2.45) is 0 Å². The fourth-order valence-corrected chi connectivity index (χ4v) is 2.14. The third kappa shape index (κ3) is 2.11. The van der Waals surface area contributed by atoms with Crippen LogP contribution in [0, 0.1) is 0 Å². The molecule has 1 aromatic heterocycles. The molecule has 1 heterocycles. The number of hydrogen-bond acceptors (Lipinski definition) is 2. The van der Waals surface area contributed by atoms with Crippen LogP contribution in [-0.2, 0) is 6.42 Å². The molecule has 5 nitrogen and oxygen atoms in total. The molecule has 0 spiro atoms. The molecule has 0 saturated heterocycles. The number of carbonyl (C=O) groups is 1. The predicted molar refractivity (Wildman–Crippen MR) is 70.4 cm³/mol. The van der Waals surface area contributed by atoms with Gasteiger partial charge in [-0.05, 0) is 24.6 Å². The van der Waals surface area contributed by atoms with Crippen LogP contribution in [0.5, 0.6) is 0 Å². The summed E-state index contributed by atoms with van der Waals surface area (Å²) >= 11 is 3.31. The lowest BCUT2D eigenvalue weighted by atomic mass is 10.2. The monoisotopic (exact) mass is 310 g/mol. The Bertz CT molecular complexity index is 658. The highest BCUT2D eigenvalue weighted by atomic mass is 79.9. The zero-order chi connectivity index (χ0) is 13.3. The molecule has 18 heavy (non-hydrogen) atoms. The number of nitrogens with one attached hydrogen (secondary N) is 1. The summed E-state index contributed by atoms with van der Waals surface area (Å²) in [4.78, 5) is 23.1. The first-order chi connectivity index (χ1) is 8.54. The van der Waals surface area contributed by atoms with Gasteiger partial charge in [-0.25, -0.2) is 9.48 Å². The summed E-state index contributed by atoms with van der Waals surface area (Å²) in [6.07, 6.45) is 0.456. The number of aromatic nitrogens is 2. The van der Waals surface area contributed by atoms with Crippen LogP contribution in [0.15, 0.2) is 33.5 Å². The van der Waals surface area contributed by atoms with E-state index in [0.717, 1.165) is 4.47 Å². The summed E-state index contributed by atoms with van der Waals surface area (Å²) in [5, 5.41) is 11.9. The summed E-state index contributed by atoms with van der Waals surface area (Å²) < 4.78 is 2.06. The van der Waals surface area contributed by atoms with E-state index in [9.17, 15) is 9.59 Å². The molecule has 0 bridgehead atoms. The van der Waals surface area contributed by atoms with E-state index in [0.29, 0.717) is 17.8 Å². The third-order valence-corrected chi connectivity index (χ3v) is 3.09. The van der Waals surface area contributed by atoms with Crippen LogP contribution in [0.4, 0.5) is 0 Å². The summed E-state index contributed by atoms with van der Waals surface area (Å²) in [5.74, 6) is -1.21. The molecule has 0 atom stereocenters. The number of aryl methyl sites for hydroxylation is 1. The second kappa shape index (κ2) is 4.81. The van der Waals surface area contributed by atoms with Crippen molar-refractivity contribution in [2.45, 2.75) is 13.3 Å². The van der Waals surface area contributed by atoms with Crippen molar-refractivity contribution in [3.8, 4) is 5.69 Å². The first-order valence-corrected chi connectivity index (χ1v) is 6.17. The van der Waals surface area contributed by atoms with Gasteiger partial charge in [0, 0.05) is 4.47 Å². The van der Waals surface area contributed by atoms with Crippen LogP contribution in [-0.4, -0.2) is 20.9 Å². The van der Waals surface area contributed by atoms with Gasteiger partial charge in [0.15, 0.2) is 0 Å². The summed E-state index contributed by atoms with van der Waals surface area (Å²) in [7, 11) is 0. The number of aromatic amines is 1. The molecule has 1 aromatic carbocycles. The molecule has 0 amide bonds. The Morgan fingerprint density at radius 3 is 2.72 bits per heavy atom. The van der Waals surface area contributed by atoms with Gasteiger partial charge in [0.25, 0.3) is 5.56 Å². The molecule has 0 aliphatic rings. The summed E-state index contributed by atoms with van der Waals surface area (Å²) in [6, 6.07) is 7.08. The van der Waals surface area contributed by atoms with Crippen molar-refractivity contribution < 1.29 is 9.90 Å². The largest absolute Gasteiger partial charge is 0.477 e. The normalized spacial score (nSPS) is 10.6. The van der Waals surface area contributed by atoms with Crippen molar-refractivity contribution in [3.05, 3.63) is 50.3 Å². The summed E-state index contributed by atoms with van der Waals surface area (Å²) in [6.45, 7) is 1.79. The van der Waals surface area contributed by atoms with Crippen LogP contribution >= 0.6 is 15.9 Å². The molecular formula is C12H11BrN2O3. The Morgan fingerprint density at radius 1 is 1.50 bits per heavy atom. The average molecular weight is 311 g/mol. The molecule has 0 aliphatic carbocycles. The van der Waals surface area contributed by atoms with E-state index in [-0.39, 0.29) is 5.56 Å². The van der Waals surface area contributed by atoms with Crippen molar-refractivity contribution in [1.82, 2.24) is 9.78 Å². The first kappa shape index (κ1) is 12.6. The maximum absolute atomic E-state index is 12.0. The third-order valence-electron chi connectivity index (χ3n) is 2.60. The first-order valence-electron chi connectivity index (χ1n) is 5.37. The minimum atomic E-state index is -1.21. The number of benzene rings is 1. The second-order valence-electron chi connectivity index (χ2n) is 3.74. The van der Waals surface area contributed by atoms with Crippen LogP contribution in [0.3, 0.4) is 0 Å². The van der Waals surface area contributed by atoms with Crippen LogP contribution in [0.2, 0.25) is 0 Å². The molecule has 6 heteroatoms. The SMILES string of the molecule is CCc1[nH]n(-c2cccc(Br)c2)c(=O)c1C(=O)O. The van der Waals surface area contributed by atoms with E-state index < -0.39 is 11.5 Å². The van der Waals surface area contributed by atoms with Gasteiger partial charge in [0.2, 0.25) is 0 Å². The lowest BCUT2D eigenvalue weighted by Gasteiger charge is -2.01. The Labute approximate surface area is 111 Å². The van der Waals surface area contributed by atoms with Crippen LogP contribution in [0.1, 0.15) is 23.0 Å². The lowest BCUT2D eigenvalue weighted by Crippen LogP contribution is -2.20. The van der Waals surface area contributed by atoms with Gasteiger partial charge in [-0.3, -0.25) is 9.89 Å². The number of aromatic carboxylic acids is 1. The van der Waals surface area contributed by atoms with Crippen LogP contribution < -0.4 is 5.56 Å². The lowest BCUT2D eigenvalue weighted by molar-refractivity contribution is 0.0694. The zero-order valence-corrected chi connectivity index (χ0v) is 11.2.